The van der Waals surface area contributed by atoms with Gasteiger partial charge in [-0.3, -0.25) is 0 Å². The van der Waals surface area contributed by atoms with E-state index in [0.717, 1.165) is 18.7 Å². The van der Waals surface area contributed by atoms with E-state index in [-0.39, 0.29) is 18.4 Å². The summed E-state index contributed by atoms with van der Waals surface area (Å²) in [6, 6.07) is 19.0. The summed E-state index contributed by atoms with van der Waals surface area (Å²) in [5.41, 5.74) is 8.18. The molecular formula is C17H23ClN2O. The van der Waals surface area contributed by atoms with Gasteiger partial charge in [-0.2, -0.15) is 0 Å². The Morgan fingerprint density at radius 2 is 1.71 bits per heavy atom. The Morgan fingerprint density at radius 1 is 1.05 bits per heavy atom. The minimum absolute atomic E-state index is 0. The largest absolute Gasteiger partial charge is 0.497 e. The first kappa shape index (κ1) is 17.5. The van der Waals surface area contributed by atoms with Crippen molar-refractivity contribution >= 4 is 12.4 Å². The molecule has 0 radical (unpaired) electrons. The van der Waals surface area contributed by atoms with Gasteiger partial charge in [-0.15, -0.1) is 12.4 Å². The topological polar surface area (TPSA) is 47.3 Å². The van der Waals surface area contributed by atoms with E-state index in [1.807, 2.05) is 18.2 Å². The Morgan fingerprint density at radius 3 is 2.29 bits per heavy atom. The molecule has 1 unspecified atom stereocenters. The number of hydrogen-bond donors (Lipinski definition) is 2. The molecule has 0 aliphatic rings. The van der Waals surface area contributed by atoms with Gasteiger partial charge < -0.3 is 15.8 Å². The van der Waals surface area contributed by atoms with Gasteiger partial charge in [0, 0.05) is 19.1 Å². The fourth-order valence-electron chi connectivity index (χ4n) is 2.25. The van der Waals surface area contributed by atoms with Crippen LogP contribution in [0.2, 0.25) is 0 Å². The lowest BCUT2D eigenvalue weighted by Crippen LogP contribution is -2.28. The Balaban J connectivity index is 0.00000220. The van der Waals surface area contributed by atoms with Gasteiger partial charge in [0.25, 0.3) is 0 Å². The third kappa shape index (κ3) is 5.38. The zero-order chi connectivity index (χ0) is 14.2. The van der Waals surface area contributed by atoms with Crippen molar-refractivity contribution in [1.29, 1.82) is 0 Å². The number of benzene rings is 2. The second-order valence-electron chi connectivity index (χ2n) is 4.76. The van der Waals surface area contributed by atoms with Crippen LogP contribution in [-0.4, -0.2) is 20.2 Å². The second-order valence-corrected chi connectivity index (χ2v) is 4.76. The van der Waals surface area contributed by atoms with Crippen LogP contribution in [0.3, 0.4) is 0 Å². The molecule has 114 valence electrons. The average Bonchev–Trinajstić information content (AvgIpc) is 2.52. The first-order valence-corrected chi connectivity index (χ1v) is 6.95. The Kier molecular flexibility index (Phi) is 7.83. The predicted octanol–water partition coefficient (Wildman–Crippen LogP) is 2.95. The van der Waals surface area contributed by atoms with E-state index in [9.17, 15) is 0 Å². The highest BCUT2D eigenvalue weighted by Gasteiger charge is 2.11. The summed E-state index contributed by atoms with van der Waals surface area (Å²) in [5.74, 6) is 0.881. The second kappa shape index (κ2) is 9.40. The molecule has 0 aliphatic carbocycles. The van der Waals surface area contributed by atoms with Crippen LogP contribution in [0.4, 0.5) is 0 Å². The van der Waals surface area contributed by atoms with Crippen LogP contribution in [0, 0.1) is 0 Å². The number of ether oxygens (including phenoxy) is 1. The molecule has 4 heteroatoms. The lowest BCUT2D eigenvalue weighted by atomic mass is 9.98. The molecule has 2 rings (SSSR count). The maximum absolute atomic E-state index is 5.61. The van der Waals surface area contributed by atoms with E-state index in [0.29, 0.717) is 6.54 Å². The molecule has 0 bridgehead atoms. The van der Waals surface area contributed by atoms with Crippen molar-refractivity contribution in [3.63, 3.8) is 0 Å². The molecule has 0 spiro atoms. The first-order chi connectivity index (χ1) is 9.83. The van der Waals surface area contributed by atoms with E-state index in [2.05, 4.69) is 41.7 Å². The van der Waals surface area contributed by atoms with Crippen LogP contribution >= 0.6 is 12.4 Å². The Hall–Kier alpha value is -1.55. The zero-order valence-corrected chi connectivity index (χ0v) is 13.1. The van der Waals surface area contributed by atoms with Gasteiger partial charge in [0.2, 0.25) is 0 Å². The van der Waals surface area contributed by atoms with E-state index in [1.54, 1.807) is 7.11 Å². The van der Waals surface area contributed by atoms with Crippen molar-refractivity contribution in [1.82, 2.24) is 5.32 Å². The predicted molar refractivity (Wildman–Crippen MR) is 90.2 cm³/mol. The molecule has 0 amide bonds. The summed E-state index contributed by atoms with van der Waals surface area (Å²) < 4.78 is 5.21. The monoisotopic (exact) mass is 306 g/mol. The van der Waals surface area contributed by atoms with E-state index in [4.69, 9.17) is 10.5 Å². The summed E-state index contributed by atoms with van der Waals surface area (Å²) in [4.78, 5) is 0. The van der Waals surface area contributed by atoms with Crippen LogP contribution in [0.5, 0.6) is 5.75 Å². The van der Waals surface area contributed by atoms with E-state index >= 15 is 0 Å². The lowest BCUT2D eigenvalue weighted by Gasteiger charge is -2.19. The third-order valence-electron chi connectivity index (χ3n) is 3.34. The molecule has 3 nitrogen and oxygen atoms in total. The number of halogens is 1. The SMILES string of the molecule is COc1ccc(C(Cc2ccccc2)NCCN)cc1.Cl. The molecule has 0 aromatic heterocycles. The molecule has 3 N–H and O–H groups in total. The Bertz CT molecular complexity index is 502. The Labute approximate surface area is 132 Å². The smallest absolute Gasteiger partial charge is 0.118 e. The van der Waals surface area contributed by atoms with Gasteiger partial charge in [0.15, 0.2) is 0 Å². The van der Waals surface area contributed by atoms with Crippen molar-refractivity contribution in [3.8, 4) is 5.75 Å². The summed E-state index contributed by atoms with van der Waals surface area (Å²) in [5, 5.41) is 3.51. The first-order valence-electron chi connectivity index (χ1n) is 6.95. The van der Waals surface area contributed by atoms with E-state index in [1.165, 1.54) is 11.1 Å². The highest BCUT2D eigenvalue weighted by Crippen LogP contribution is 2.21. The average molecular weight is 307 g/mol. The number of rotatable bonds is 7. The molecule has 2 aromatic rings. The summed E-state index contributed by atoms with van der Waals surface area (Å²) in [7, 11) is 1.68. The van der Waals surface area contributed by atoms with Crippen LogP contribution in [0.1, 0.15) is 17.2 Å². The molecule has 21 heavy (non-hydrogen) atoms. The number of nitrogens with two attached hydrogens (primary N) is 1. The molecule has 0 aliphatic heterocycles. The van der Waals surface area contributed by atoms with Crippen LogP contribution in [0.25, 0.3) is 0 Å². The minimum Gasteiger partial charge on any atom is -0.497 e. The van der Waals surface area contributed by atoms with Gasteiger partial charge in [0.05, 0.1) is 7.11 Å². The molecular weight excluding hydrogens is 284 g/mol. The van der Waals surface area contributed by atoms with Crippen LogP contribution in [-0.2, 0) is 6.42 Å². The lowest BCUT2D eigenvalue weighted by molar-refractivity contribution is 0.414. The highest BCUT2D eigenvalue weighted by molar-refractivity contribution is 5.85. The van der Waals surface area contributed by atoms with Crippen molar-refractivity contribution in [3.05, 3.63) is 65.7 Å². The molecule has 1 atom stereocenters. The maximum Gasteiger partial charge on any atom is 0.118 e. The number of methoxy groups -OCH3 is 1. The van der Waals surface area contributed by atoms with Gasteiger partial charge in [-0.25, -0.2) is 0 Å². The number of nitrogens with one attached hydrogen (secondary N) is 1. The van der Waals surface area contributed by atoms with Crippen molar-refractivity contribution < 1.29 is 4.74 Å². The summed E-state index contributed by atoms with van der Waals surface area (Å²) in [6.45, 7) is 1.45. The molecule has 0 fully saturated rings. The zero-order valence-electron chi connectivity index (χ0n) is 12.3. The third-order valence-corrected chi connectivity index (χ3v) is 3.34. The number of hydrogen-bond acceptors (Lipinski definition) is 3. The van der Waals surface area contributed by atoms with Crippen molar-refractivity contribution in [2.24, 2.45) is 5.73 Å². The standard InChI is InChI=1S/C17H22N2O.ClH/c1-20-16-9-7-15(8-10-16)17(19-12-11-18)13-14-5-3-2-4-6-14;/h2-10,17,19H,11-13,18H2,1H3;1H. The molecule has 2 aromatic carbocycles. The normalized spacial score (nSPS) is 11.5. The van der Waals surface area contributed by atoms with Crippen LogP contribution in [0.15, 0.2) is 54.6 Å². The summed E-state index contributed by atoms with van der Waals surface area (Å²) in [6.07, 6.45) is 0.952. The minimum atomic E-state index is 0. The fourth-order valence-corrected chi connectivity index (χ4v) is 2.25. The highest BCUT2D eigenvalue weighted by atomic mass is 35.5. The van der Waals surface area contributed by atoms with Crippen molar-refractivity contribution in [2.75, 3.05) is 20.2 Å². The molecule has 0 heterocycles. The fraction of sp³-hybridized carbons (Fsp3) is 0.294. The summed E-state index contributed by atoms with van der Waals surface area (Å²) >= 11 is 0. The van der Waals surface area contributed by atoms with E-state index < -0.39 is 0 Å². The molecule has 0 saturated carbocycles. The van der Waals surface area contributed by atoms with Gasteiger partial charge in [-0.05, 0) is 29.7 Å². The van der Waals surface area contributed by atoms with Crippen molar-refractivity contribution in [2.45, 2.75) is 12.5 Å². The van der Waals surface area contributed by atoms with Gasteiger partial charge >= 0.3 is 0 Å². The van der Waals surface area contributed by atoms with Gasteiger partial charge in [0.1, 0.15) is 5.75 Å². The van der Waals surface area contributed by atoms with Gasteiger partial charge in [-0.1, -0.05) is 42.5 Å². The molecule has 0 saturated heterocycles. The quantitative estimate of drug-likeness (QED) is 0.827. The maximum atomic E-state index is 5.61. The van der Waals surface area contributed by atoms with Crippen LogP contribution < -0.4 is 15.8 Å².